The van der Waals surface area contributed by atoms with E-state index in [9.17, 15) is 14.4 Å². The Bertz CT molecular complexity index is 852. The van der Waals surface area contributed by atoms with Crippen LogP contribution in [0.4, 0.5) is 0 Å². The van der Waals surface area contributed by atoms with E-state index in [1.165, 1.54) is 9.80 Å². The molecule has 0 radical (unpaired) electrons. The van der Waals surface area contributed by atoms with E-state index < -0.39 is 5.41 Å². The molecule has 4 rings (SSSR count). The minimum Gasteiger partial charge on any atom is -0.337 e. The average molecular weight is 371 g/mol. The number of likely N-dealkylation sites (tertiary alicyclic amines) is 1. The van der Waals surface area contributed by atoms with Crippen LogP contribution in [-0.2, 0) is 20.9 Å². The molecule has 136 valence electrons. The van der Waals surface area contributed by atoms with Gasteiger partial charge in [-0.2, -0.15) is 0 Å². The van der Waals surface area contributed by atoms with Gasteiger partial charge in [0.05, 0.1) is 22.2 Å². The molecule has 0 unspecified atom stereocenters. The molecule has 26 heavy (non-hydrogen) atoms. The summed E-state index contributed by atoms with van der Waals surface area (Å²) < 4.78 is 1.08. The van der Waals surface area contributed by atoms with Crippen molar-refractivity contribution >= 4 is 39.3 Å². The van der Waals surface area contributed by atoms with Crippen molar-refractivity contribution in [2.45, 2.75) is 38.6 Å². The van der Waals surface area contributed by atoms with Crippen LogP contribution in [0, 0.1) is 5.41 Å². The zero-order valence-electron chi connectivity index (χ0n) is 14.7. The van der Waals surface area contributed by atoms with Crippen molar-refractivity contribution in [2.24, 2.45) is 5.41 Å². The molecule has 1 saturated carbocycles. The first-order chi connectivity index (χ1) is 12.5. The van der Waals surface area contributed by atoms with E-state index in [2.05, 4.69) is 4.98 Å². The van der Waals surface area contributed by atoms with Gasteiger partial charge in [0, 0.05) is 13.5 Å². The number of hydrogen-bond acceptors (Lipinski definition) is 5. The molecule has 0 bridgehead atoms. The Morgan fingerprint density at radius 2 is 2.00 bits per heavy atom. The second kappa shape index (κ2) is 6.46. The van der Waals surface area contributed by atoms with Gasteiger partial charge in [-0.25, -0.2) is 4.98 Å². The number of thiazole rings is 1. The van der Waals surface area contributed by atoms with E-state index >= 15 is 0 Å². The number of rotatable bonds is 4. The molecule has 1 saturated heterocycles. The smallest absolute Gasteiger partial charge is 0.242 e. The molecule has 1 spiro atoms. The fraction of sp³-hybridized carbons (Fsp3) is 0.474. The summed E-state index contributed by atoms with van der Waals surface area (Å²) >= 11 is 1.55. The third kappa shape index (κ3) is 2.90. The summed E-state index contributed by atoms with van der Waals surface area (Å²) in [7, 11) is 1.69. The summed E-state index contributed by atoms with van der Waals surface area (Å²) in [5.74, 6) is -0.596. The highest BCUT2D eigenvalue weighted by Crippen LogP contribution is 2.46. The highest BCUT2D eigenvalue weighted by Gasteiger charge is 2.52. The van der Waals surface area contributed by atoms with Gasteiger partial charge in [0.25, 0.3) is 0 Å². The number of nitrogens with zero attached hydrogens (tertiary/aromatic N) is 3. The molecule has 1 aromatic carbocycles. The SMILES string of the molecule is CN(Cc1nc2ccccc2s1)C(=O)CN1C(=O)CC2(CCCC2)C1=O. The molecular weight excluding hydrogens is 350 g/mol. The number of benzene rings is 1. The van der Waals surface area contributed by atoms with Gasteiger partial charge in [-0.3, -0.25) is 19.3 Å². The Labute approximate surface area is 155 Å². The molecule has 2 heterocycles. The molecule has 1 aliphatic carbocycles. The third-order valence-electron chi connectivity index (χ3n) is 5.48. The maximum absolute atomic E-state index is 12.7. The van der Waals surface area contributed by atoms with E-state index in [1.54, 1.807) is 18.4 Å². The second-order valence-corrected chi connectivity index (χ2v) is 8.39. The van der Waals surface area contributed by atoms with E-state index in [0.717, 1.165) is 40.9 Å². The summed E-state index contributed by atoms with van der Waals surface area (Å²) in [5.41, 5.74) is 0.393. The highest BCUT2D eigenvalue weighted by molar-refractivity contribution is 7.18. The molecule has 0 atom stereocenters. The van der Waals surface area contributed by atoms with Gasteiger partial charge in [-0.1, -0.05) is 25.0 Å². The zero-order chi connectivity index (χ0) is 18.3. The molecule has 6 nitrogen and oxygen atoms in total. The normalized spacial score (nSPS) is 19.0. The van der Waals surface area contributed by atoms with E-state index in [4.69, 9.17) is 0 Å². The number of imide groups is 1. The van der Waals surface area contributed by atoms with E-state index in [-0.39, 0.29) is 30.7 Å². The quantitative estimate of drug-likeness (QED) is 0.775. The van der Waals surface area contributed by atoms with Crippen molar-refractivity contribution in [1.82, 2.24) is 14.8 Å². The highest BCUT2D eigenvalue weighted by atomic mass is 32.1. The van der Waals surface area contributed by atoms with Crippen LogP contribution in [0.5, 0.6) is 0 Å². The fourth-order valence-corrected chi connectivity index (χ4v) is 5.02. The van der Waals surface area contributed by atoms with Crippen LogP contribution >= 0.6 is 11.3 Å². The average Bonchev–Trinajstić information content (AvgIpc) is 3.30. The number of amides is 3. The lowest BCUT2D eigenvalue weighted by Crippen LogP contribution is -2.42. The predicted octanol–water partition coefficient (Wildman–Crippen LogP) is 2.57. The number of fused-ring (bicyclic) bond motifs is 1. The van der Waals surface area contributed by atoms with Crippen LogP contribution in [0.2, 0.25) is 0 Å². The maximum atomic E-state index is 12.7. The first-order valence-corrected chi connectivity index (χ1v) is 9.73. The summed E-state index contributed by atoms with van der Waals surface area (Å²) in [6.07, 6.45) is 3.77. The summed E-state index contributed by atoms with van der Waals surface area (Å²) in [6, 6.07) is 7.84. The van der Waals surface area contributed by atoms with Crippen molar-refractivity contribution in [1.29, 1.82) is 0 Å². The van der Waals surface area contributed by atoms with Crippen LogP contribution in [0.15, 0.2) is 24.3 Å². The minimum absolute atomic E-state index is 0.151. The number of hydrogen-bond donors (Lipinski definition) is 0. The Balaban J connectivity index is 1.42. The molecular formula is C19H21N3O3S. The summed E-state index contributed by atoms with van der Waals surface area (Å²) in [6.45, 7) is 0.209. The first-order valence-electron chi connectivity index (χ1n) is 8.92. The first kappa shape index (κ1) is 17.1. The van der Waals surface area contributed by atoms with Gasteiger partial charge in [0.15, 0.2) is 0 Å². The van der Waals surface area contributed by atoms with Crippen LogP contribution in [0.25, 0.3) is 10.2 Å². The molecule has 7 heteroatoms. The molecule has 2 fully saturated rings. The van der Waals surface area contributed by atoms with Crippen molar-refractivity contribution in [3.05, 3.63) is 29.3 Å². The van der Waals surface area contributed by atoms with Gasteiger partial charge in [-0.05, 0) is 25.0 Å². The third-order valence-corrected chi connectivity index (χ3v) is 6.50. The zero-order valence-corrected chi connectivity index (χ0v) is 15.6. The molecule has 3 amide bonds. The van der Waals surface area contributed by atoms with Crippen molar-refractivity contribution in [3.8, 4) is 0 Å². The van der Waals surface area contributed by atoms with Crippen LogP contribution in [0.3, 0.4) is 0 Å². The summed E-state index contributed by atoms with van der Waals surface area (Å²) in [5, 5.41) is 0.841. The van der Waals surface area contributed by atoms with Crippen LogP contribution in [-0.4, -0.2) is 46.1 Å². The van der Waals surface area contributed by atoms with Gasteiger partial charge in [-0.15, -0.1) is 11.3 Å². The molecule has 2 aliphatic rings. The van der Waals surface area contributed by atoms with Gasteiger partial charge >= 0.3 is 0 Å². The Morgan fingerprint density at radius 1 is 1.27 bits per heavy atom. The molecule has 1 aromatic heterocycles. The Morgan fingerprint density at radius 3 is 2.73 bits per heavy atom. The molecule has 1 aliphatic heterocycles. The second-order valence-electron chi connectivity index (χ2n) is 7.27. The standard InChI is InChI=1S/C19H21N3O3S/c1-21(11-15-20-13-6-2-3-7-14(13)26-15)17(24)12-22-16(23)10-19(18(22)25)8-4-5-9-19/h2-3,6-7H,4-5,8-12H2,1H3. The Hall–Kier alpha value is -2.28. The van der Waals surface area contributed by atoms with Gasteiger partial charge in [0.1, 0.15) is 11.6 Å². The number of likely N-dealkylation sites (N-methyl/N-ethyl adjacent to an activating group) is 1. The monoisotopic (exact) mass is 371 g/mol. The number of carbonyl (C=O) groups is 3. The predicted molar refractivity (Wildman–Crippen MR) is 98.3 cm³/mol. The number of carbonyl (C=O) groups excluding carboxylic acids is 3. The number of aromatic nitrogens is 1. The lowest BCUT2D eigenvalue weighted by atomic mass is 9.84. The van der Waals surface area contributed by atoms with Crippen molar-refractivity contribution in [3.63, 3.8) is 0 Å². The topological polar surface area (TPSA) is 70.6 Å². The molecule has 0 N–H and O–H groups in total. The minimum atomic E-state index is -0.525. The van der Waals surface area contributed by atoms with Crippen LogP contribution < -0.4 is 0 Å². The number of para-hydroxylation sites is 1. The summed E-state index contributed by atoms with van der Waals surface area (Å²) in [4.78, 5) is 44.8. The lowest BCUT2D eigenvalue weighted by Gasteiger charge is -2.22. The van der Waals surface area contributed by atoms with Gasteiger partial charge in [0.2, 0.25) is 17.7 Å². The van der Waals surface area contributed by atoms with E-state index in [0.29, 0.717) is 6.54 Å². The van der Waals surface area contributed by atoms with Gasteiger partial charge < -0.3 is 4.90 Å². The van der Waals surface area contributed by atoms with Crippen molar-refractivity contribution < 1.29 is 14.4 Å². The van der Waals surface area contributed by atoms with Crippen molar-refractivity contribution in [2.75, 3.05) is 13.6 Å². The van der Waals surface area contributed by atoms with E-state index in [1.807, 2.05) is 24.3 Å². The lowest BCUT2D eigenvalue weighted by molar-refractivity contribution is -0.147. The molecule has 2 aromatic rings. The van der Waals surface area contributed by atoms with Crippen LogP contribution in [0.1, 0.15) is 37.1 Å². The largest absolute Gasteiger partial charge is 0.337 e. The maximum Gasteiger partial charge on any atom is 0.242 e. The Kier molecular flexibility index (Phi) is 4.26. The fourth-order valence-electron chi connectivity index (χ4n) is 4.00.